The Bertz CT molecular complexity index is 494. The lowest BCUT2D eigenvalue weighted by molar-refractivity contribution is 0.0390. The van der Waals surface area contributed by atoms with Gasteiger partial charge in [0.2, 0.25) is 5.76 Å². The van der Waals surface area contributed by atoms with E-state index in [1.54, 1.807) is 4.90 Å². The van der Waals surface area contributed by atoms with Gasteiger partial charge in [-0.15, -0.1) is 0 Å². The van der Waals surface area contributed by atoms with Crippen molar-refractivity contribution in [3.8, 4) is 0 Å². The van der Waals surface area contributed by atoms with Crippen LogP contribution in [0.3, 0.4) is 0 Å². The second kappa shape index (κ2) is 6.09. The summed E-state index contributed by atoms with van der Waals surface area (Å²) in [6, 6.07) is 2.69. The Morgan fingerprint density at radius 3 is 2.75 bits per heavy atom. The van der Waals surface area contributed by atoms with Crippen molar-refractivity contribution in [2.45, 2.75) is 26.4 Å². The molecule has 1 aromatic heterocycles. The first-order chi connectivity index (χ1) is 9.47. The number of carboxylic acids is 1. The Morgan fingerprint density at radius 1 is 1.45 bits per heavy atom. The number of nitrogens with zero attached hydrogens (tertiary/aromatic N) is 1. The van der Waals surface area contributed by atoms with E-state index in [0.29, 0.717) is 25.6 Å². The van der Waals surface area contributed by atoms with E-state index >= 15 is 0 Å². The fourth-order valence-electron chi connectivity index (χ4n) is 2.10. The molecule has 2 rings (SSSR count). The van der Waals surface area contributed by atoms with Gasteiger partial charge in [0, 0.05) is 19.7 Å². The van der Waals surface area contributed by atoms with Crippen LogP contribution >= 0.6 is 0 Å². The van der Waals surface area contributed by atoms with Gasteiger partial charge in [0.1, 0.15) is 0 Å². The van der Waals surface area contributed by atoms with Crippen LogP contribution in [0.15, 0.2) is 16.5 Å². The van der Waals surface area contributed by atoms with Crippen molar-refractivity contribution in [1.29, 1.82) is 0 Å². The zero-order valence-electron chi connectivity index (χ0n) is 11.7. The van der Waals surface area contributed by atoms with Crippen LogP contribution in [0.25, 0.3) is 0 Å². The summed E-state index contributed by atoms with van der Waals surface area (Å²) in [5, 5.41) is 8.77. The van der Waals surface area contributed by atoms with Gasteiger partial charge in [0.25, 0.3) is 5.91 Å². The van der Waals surface area contributed by atoms with E-state index < -0.39 is 5.97 Å². The van der Waals surface area contributed by atoms with Gasteiger partial charge in [-0.25, -0.2) is 4.79 Å². The van der Waals surface area contributed by atoms with Gasteiger partial charge < -0.3 is 19.2 Å². The standard InChI is InChI=1S/C14H19NO5/c1-9(2)8-19-10-5-6-15(7-10)13(16)11-3-4-12(20-11)14(17)18/h3-4,9-10H,5-8H2,1-2H3,(H,17,18)/t10-/m0/s1. The molecule has 1 fully saturated rings. The molecular formula is C14H19NO5. The summed E-state index contributed by atoms with van der Waals surface area (Å²) in [6.07, 6.45) is 0.848. The van der Waals surface area contributed by atoms with Gasteiger partial charge in [-0.1, -0.05) is 13.8 Å². The van der Waals surface area contributed by atoms with E-state index in [1.807, 2.05) is 0 Å². The molecule has 110 valence electrons. The normalized spacial score (nSPS) is 18.8. The van der Waals surface area contributed by atoms with E-state index in [-0.39, 0.29) is 23.5 Å². The van der Waals surface area contributed by atoms with Gasteiger partial charge in [0.15, 0.2) is 5.76 Å². The van der Waals surface area contributed by atoms with Crippen LogP contribution in [0, 0.1) is 5.92 Å². The molecule has 0 spiro atoms. The molecule has 0 aliphatic carbocycles. The average Bonchev–Trinajstić information content (AvgIpc) is 3.05. The lowest BCUT2D eigenvalue weighted by Gasteiger charge is -2.16. The van der Waals surface area contributed by atoms with E-state index in [9.17, 15) is 9.59 Å². The molecule has 0 unspecified atom stereocenters. The zero-order chi connectivity index (χ0) is 14.7. The summed E-state index contributed by atoms with van der Waals surface area (Å²) in [6.45, 7) is 5.96. The summed E-state index contributed by atoms with van der Waals surface area (Å²) in [5.74, 6) is -1.16. The molecule has 6 nitrogen and oxygen atoms in total. The first-order valence-electron chi connectivity index (χ1n) is 6.71. The highest BCUT2D eigenvalue weighted by atomic mass is 16.5. The summed E-state index contributed by atoms with van der Waals surface area (Å²) in [5.41, 5.74) is 0. The second-order valence-corrected chi connectivity index (χ2v) is 5.36. The van der Waals surface area contributed by atoms with E-state index in [4.69, 9.17) is 14.3 Å². The molecule has 6 heteroatoms. The molecule has 1 aliphatic rings. The molecule has 0 saturated carbocycles. The summed E-state index contributed by atoms with van der Waals surface area (Å²) >= 11 is 0. The predicted octanol–water partition coefficient (Wildman–Crippen LogP) is 1.86. The van der Waals surface area contributed by atoms with Crippen molar-refractivity contribution in [3.63, 3.8) is 0 Å². The van der Waals surface area contributed by atoms with Crippen molar-refractivity contribution >= 4 is 11.9 Å². The van der Waals surface area contributed by atoms with E-state index in [1.165, 1.54) is 12.1 Å². The van der Waals surface area contributed by atoms with Gasteiger partial charge in [-0.2, -0.15) is 0 Å². The summed E-state index contributed by atoms with van der Waals surface area (Å²) in [4.78, 5) is 24.5. The predicted molar refractivity (Wildman–Crippen MR) is 70.8 cm³/mol. The van der Waals surface area contributed by atoms with Crippen molar-refractivity contribution in [2.75, 3.05) is 19.7 Å². The maximum atomic E-state index is 12.2. The Hall–Kier alpha value is -1.82. The lowest BCUT2D eigenvalue weighted by atomic mass is 10.2. The van der Waals surface area contributed by atoms with Crippen LogP contribution in [-0.4, -0.2) is 47.7 Å². The number of carboxylic acid groups (broad SMARTS) is 1. The number of ether oxygens (including phenoxy) is 1. The van der Waals surface area contributed by atoms with Crippen LogP contribution in [0.4, 0.5) is 0 Å². The number of aromatic carboxylic acids is 1. The molecular weight excluding hydrogens is 262 g/mol. The SMILES string of the molecule is CC(C)CO[C@H]1CCN(C(=O)c2ccc(C(=O)O)o2)C1. The Balaban J connectivity index is 1.92. The third-order valence-corrected chi connectivity index (χ3v) is 3.13. The molecule has 0 bridgehead atoms. The molecule has 1 saturated heterocycles. The highest BCUT2D eigenvalue weighted by molar-refractivity contribution is 5.93. The molecule has 1 aliphatic heterocycles. The topological polar surface area (TPSA) is 80.0 Å². The Labute approximate surface area is 117 Å². The van der Waals surface area contributed by atoms with Crippen molar-refractivity contribution in [3.05, 3.63) is 23.7 Å². The smallest absolute Gasteiger partial charge is 0.371 e. The molecule has 1 aromatic rings. The molecule has 0 aromatic carbocycles. The van der Waals surface area contributed by atoms with Crippen LogP contribution < -0.4 is 0 Å². The van der Waals surface area contributed by atoms with Crippen LogP contribution in [-0.2, 0) is 4.74 Å². The van der Waals surface area contributed by atoms with Gasteiger partial charge in [0.05, 0.1) is 6.10 Å². The number of rotatable bonds is 5. The highest BCUT2D eigenvalue weighted by Crippen LogP contribution is 2.18. The monoisotopic (exact) mass is 281 g/mol. The van der Waals surface area contributed by atoms with Crippen molar-refractivity contribution < 1.29 is 23.8 Å². The summed E-state index contributed by atoms with van der Waals surface area (Å²) in [7, 11) is 0. The third-order valence-electron chi connectivity index (χ3n) is 3.13. The largest absolute Gasteiger partial charge is 0.475 e. The lowest BCUT2D eigenvalue weighted by Crippen LogP contribution is -2.30. The number of amides is 1. The van der Waals surface area contributed by atoms with Crippen LogP contribution in [0.5, 0.6) is 0 Å². The van der Waals surface area contributed by atoms with Crippen molar-refractivity contribution in [1.82, 2.24) is 4.90 Å². The third kappa shape index (κ3) is 3.39. The van der Waals surface area contributed by atoms with Crippen LogP contribution in [0.2, 0.25) is 0 Å². The number of hydrogen-bond donors (Lipinski definition) is 1. The number of likely N-dealkylation sites (tertiary alicyclic amines) is 1. The quantitative estimate of drug-likeness (QED) is 0.891. The second-order valence-electron chi connectivity index (χ2n) is 5.36. The summed E-state index contributed by atoms with van der Waals surface area (Å²) < 4.78 is 10.7. The molecule has 1 N–H and O–H groups in total. The van der Waals surface area contributed by atoms with Gasteiger partial charge >= 0.3 is 5.97 Å². The number of carbonyl (C=O) groups is 2. The fourth-order valence-corrected chi connectivity index (χ4v) is 2.10. The van der Waals surface area contributed by atoms with Crippen molar-refractivity contribution in [2.24, 2.45) is 5.92 Å². The van der Waals surface area contributed by atoms with E-state index in [2.05, 4.69) is 13.8 Å². The minimum atomic E-state index is -1.18. The first kappa shape index (κ1) is 14.6. The minimum absolute atomic E-state index is 0.0512. The Morgan fingerprint density at radius 2 is 2.15 bits per heavy atom. The molecule has 0 radical (unpaired) electrons. The van der Waals surface area contributed by atoms with Gasteiger partial charge in [-0.3, -0.25) is 4.79 Å². The Kier molecular flexibility index (Phi) is 4.44. The minimum Gasteiger partial charge on any atom is -0.475 e. The molecule has 1 atom stereocenters. The fraction of sp³-hybridized carbons (Fsp3) is 0.571. The maximum absolute atomic E-state index is 12.2. The maximum Gasteiger partial charge on any atom is 0.371 e. The van der Waals surface area contributed by atoms with Crippen LogP contribution in [0.1, 0.15) is 41.4 Å². The zero-order valence-corrected chi connectivity index (χ0v) is 11.7. The highest BCUT2D eigenvalue weighted by Gasteiger charge is 2.29. The molecule has 1 amide bonds. The molecule has 2 heterocycles. The number of furan rings is 1. The first-order valence-corrected chi connectivity index (χ1v) is 6.71. The van der Waals surface area contributed by atoms with E-state index in [0.717, 1.165) is 6.42 Å². The molecule has 20 heavy (non-hydrogen) atoms. The number of hydrogen-bond acceptors (Lipinski definition) is 4. The van der Waals surface area contributed by atoms with Gasteiger partial charge in [-0.05, 0) is 24.5 Å². The average molecular weight is 281 g/mol. The number of carbonyl (C=O) groups excluding carboxylic acids is 1.